The number of aromatic nitrogens is 4. The number of hydrogen-bond acceptors (Lipinski definition) is 6. The highest BCUT2D eigenvalue weighted by atomic mass is 16.7. The monoisotopic (exact) mass is 298 g/mol. The normalized spacial score (nSPS) is 13.0. The minimum absolute atomic E-state index is 0.124. The van der Waals surface area contributed by atoms with Crippen LogP contribution < -0.4 is 11.2 Å². The summed E-state index contributed by atoms with van der Waals surface area (Å²) in [5.74, 6) is 0. The largest absolute Gasteiger partial charge is 0.394 e. The van der Waals surface area contributed by atoms with Crippen LogP contribution in [0, 0.1) is 0 Å². The van der Waals surface area contributed by atoms with Gasteiger partial charge in [-0.05, 0) is 0 Å². The molecule has 9 heteroatoms. The van der Waals surface area contributed by atoms with Gasteiger partial charge < -0.3 is 19.1 Å². The van der Waals surface area contributed by atoms with E-state index in [1.165, 1.54) is 25.1 Å². The molecule has 1 N–H and O–H groups in total. The second kappa shape index (κ2) is 6.20. The lowest BCUT2D eigenvalue weighted by molar-refractivity contribution is -0.136. The molecule has 2 rings (SSSR count). The minimum atomic E-state index is -0.628. The molecule has 0 saturated heterocycles. The van der Waals surface area contributed by atoms with Crippen molar-refractivity contribution in [1.82, 2.24) is 18.7 Å². The summed E-state index contributed by atoms with van der Waals surface area (Å²) in [6, 6.07) is 0. The van der Waals surface area contributed by atoms with Crippen LogP contribution in [0.25, 0.3) is 11.2 Å². The maximum atomic E-state index is 12.2. The highest BCUT2D eigenvalue weighted by molar-refractivity contribution is 5.69. The zero-order chi connectivity index (χ0) is 15.6. The van der Waals surface area contributed by atoms with E-state index in [4.69, 9.17) is 14.6 Å². The molecule has 0 spiro atoms. The number of aliphatic hydroxyl groups excluding tert-OH is 1. The molecule has 9 nitrogen and oxygen atoms in total. The molecule has 2 aromatic heterocycles. The molecule has 0 aliphatic rings. The molecule has 0 radical (unpaired) electrons. The van der Waals surface area contributed by atoms with E-state index in [-0.39, 0.29) is 19.8 Å². The van der Waals surface area contributed by atoms with Gasteiger partial charge in [-0.3, -0.25) is 13.9 Å². The Morgan fingerprint density at radius 2 is 2.05 bits per heavy atom. The van der Waals surface area contributed by atoms with Crippen LogP contribution >= 0.6 is 0 Å². The van der Waals surface area contributed by atoms with Crippen molar-refractivity contribution in [2.24, 2.45) is 14.1 Å². The molecule has 0 aliphatic carbocycles. The van der Waals surface area contributed by atoms with Crippen LogP contribution in [0.2, 0.25) is 0 Å². The molecule has 2 aromatic rings. The Morgan fingerprint density at radius 3 is 2.67 bits per heavy atom. The van der Waals surface area contributed by atoms with Crippen LogP contribution in [0.3, 0.4) is 0 Å². The number of imidazole rings is 1. The number of aryl methyl sites for hydroxylation is 1. The lowest BCUT2D eigenvalue weighted by Gasteiger charge is -2.16. The fourth-order valence-electron chi connectivity index (χ4n) is 2.08. The van der Waals surface area contributed by atoms with E-state index >= 15 is 0 Å². The van der Waals surface area contributed by atoms with Crippen molar-refractivity contribution in [2.75, 3.05) is 20.3 Å². The Bertz CT molecular complexity index is 744. The van der Waals surface area contributed by atoms with Crippen molar-refractivity contribution in [3.63, 3.8) is 0 Å². The van der Waals surface area contributed by atoms with Gasteiger partial charge in [-0.25, -0.2) is 9.78 Å². The average Bonchev–Trinajstić information content (AvgIpc) is 2.90. The summed E-state index contributed by atoms with van der Waals surface area (Å²) in [7, 11) is 4.43. The van der Waals surface area contributed by atoms with Crippen LogP contribution in [-0.2, 0) is 30.1 Å². The van der Waals surface area contributed by atoms with Gasteiger partial charge in [0.05, 0.1) is 26.1 Å². The van der Waals surface area contributed by atoms with E-state index in [1.807, 2.05) is 0 Å². The lowest BCUT2D eigenvalue weighted by atomic mass is 10.4. The molecule has 116 valence electrons. The Hall–Kier alpha value is -1.97. The first kappa shape index (κ1) is 15.4. The summed E-state index contributed by atoms with van der Waals surface area (Å²) in [4.78, 5) is 28.2. The quantitative estimate of drug-likeness (QED) is 0.646. The number of rotatable bonds is 6. The van der Waals surface area contributed by atoms with Crippen molar-refractivity contribution in [1.29, 1.82) is 0 Å². The number of fused-ring (bicyclic) bond motifs is 1. The maximum absolute atomic E-state index is 12.2. The molecule has 21 heavy (non-hydrogen) atoms. The molecule has 0 aliphatic heterocycles. The van der Waals surface area contributed by atoms with Crippen LogP contribution in [-0.4, -0.2) is 50.4 Å². The molecular formula is C12H18N4O5. The molecule has 0 amide bonds. The standard InChI is InChI=1S/C12H18N4O5/c1-14-10-9(11(18)15(2)12(14)19)16(7-13-10)6-8(20-3)21-5-4-17/h7-8,17H,4-6H2,1-3H3. The first-order valence-electron chi connectivity index (χ1n) is 6.37. The second-order valence-electron chi connectivity index (χ2n) is 4.53. The van der Waals surface area contributed by atoms with Crippen LogP contribution in [0.1, 0.15) is 0 Å². The second-order valence-corrected chi connectivity index (χ2v) is 4.53. The number of nitrogens with zero attached hydrogens (tertiary/aromatic N) is 4. The molecule has 1 unspecified atom stereocenters. The SMILES string of the molecule is COC(Cn1cnc2c1c(=O)n(C)c(=O)n2C)OCCO. The summed E-state index contributed by atoms with van der Waals surface area (Å²) in [5.41, 5.74) is -0.255. The highest BCUT2D eigenvalue weighted by Crippen LogP contribution is 2.08. The first-order valence-corrected chi connectivity index (χ1v) is 6.37. The molecule has 0 saturated carbocycles. The summed E-state index contributed by atoms with van der Waals surface area (Å²) < 4.78 is 14.3. The van der Waals surface area contributed by atoms with Crippen LogP contribution in [0.15, 0.2) is 15.9 Å². The van der Waals surface area contributed by atoms with Crippen molar-refractivity contribution in [2.45, 2.75) is 12.8 Å². The van der Waals surface area contributed by atoms with E-state index in [2.05, 4.69) is 4.98 Å². The van der Waals surface area contributed by atoms with Crippen molar-refractivity contribution >= 4 is 11.2 Å². The summed E-state index contributed by atoms with van der Waals surface area (Å²) in [6.07, 6.45) is 0.830. The van der Waals surface area contributed by atoms with E-state index in [0.29, 0.717) is 11.2 Å². The average molecular weight is 298 g/mol. The highest BCUT2D eigenvalue weighted by Gasteiger charge is 2.17. The maximum Gasteiger partial charge on any atom is 0.332 e. The Balaban J connectivity index is 2.47. The van der Waals surface area contributed by atoms with Gasteiger partial charge in [-0.1, -0.05) is 0 Å². The topological polar surface area (TPSA) is 101 Å². The van der Waals surface area contributed by atoms with Crippen LogP contribution in [0.5, 0.6) is 0 Å². The minimum Gasteiger partial charge on any atom is -0.394 e. The Labute approximate surface area is 120 Å². The van der Waals surface area contributed by atoms with Gasteiger partial charge in [0.25, 0.3) is 5.56 Å². The van der Waals surface area contributed by atoms with E-state index in [1.54, 1.807) is 11.6 Å². The van der Waals surface area contributed by atoms with Crippen molar-refractivity contribution < 1.29 is 14.6 Å². The van der Waals surface area contributed by atoms with Gasteiger partial charge in [0.2, 0.25) is 0 Å². The molecule has 1 atom stereocenters. The number of ether oxygens (including phenoxy) is 2. The third kappa shape index (κ3) is 2.75. The van der Waals surface area contributed by atoms with Crippen molar-refractivity contribution in [3.8, 4) is 0 Å². The van der Waals surface area contributed by atoms with E-state index < -0.39 is 17.5 Å². The first-order chi connectivity index (χ1) is 10.0. The predicted octanol–water partition coefficient (Wildman–Crippen LogP) is -1.58. The zero-order valence-electron chi connectivity index (χ0n) is 12.1. The zero-order valence-corrected chi connectivity index (χ0v) is 12.1. The third-order valence-corrected chi connectivity index (χ3v) is 3.22. The molecule has 2 heterocycles. The van der Waals surface area contributed by atoms with Gasteiger partial charge in [0.15, 0.2) is 17.5 Å². The Morgan fingerprint density at radius 1 is 1.33 bits per heavy atom. The third-order valence-electron chi connectivity index (χ3n) is 3.22. The molecule has 0 fully saturated rings. The van der Waals surface area contributed by atoms with Gasteiger partial charge in [-0.15, -0.1) is 0 Å². The predicted molar refractivity (Wildman–Crippen MR) is 74.0 cm³/mol. The van der Waals surface area contributed by atoms with E-state index in [0.717, 1.165) is 4.57 Å². The fraction of sp³-hybridized carbons (Fsp3) is 0.583. The smallest absolute Gasteiger partial charge is 0.332 e. The van der Waals surface area contributed by atoms with Crippen LogP contribution in [0.4, 0.5) is 0 Å². The van der Waals surface area contributed by atoms with Gasteiger partial charge in [-0.2, -0.15) is 0 Å². The summed E-state index contributed by atoms with van der Waals surface area (Å²) >= 11 is 0. The Kier molecular flexibility index (Phi) is 4.56. The summed E-state index contributed by atoms with van der Waals surface area (Å²) in [6.45, 7) is 0.225. The number of hydrogen-bond donors (Lipinski definition) is 1. The number of aliphatic hydroxyl groups is 1. The summed E-state index contributed by atoms with van der Waals surface area (Å²) in [5, 5.41) is 8.76. The lowest BCUT2D eigenvalue weighted by Crippen LogP contribution is -2.38. The van der Waals surface area contributed by atoms with Crippen molar-refractivity contribution in [3.05, 3.63) is 27.2 Å². The molecule has 0 aromatic carbocycles. The molecule has 0 bridgehead atoms. The fourth-order valence-corrected chi connectivity index (χ4v) is 2.08. The number of methoxy groups -OCH3 is 1. The van der Waals surface area contributed by atoms with E-state index in [9.17, 15) is 9.59 Å². The van der Waals surface area contributed by atoms with Gasteiger partial charge >= 0.3 is 5.69 Å². The molecular weight excluding hydrogens is 280 g/mol. The van der Waals surface area contributed by atoms with Gasteiger partial charge in [0, 0.05) is 21.2 Å². The van der Waals surface area contributed by atoms with Gasteiger partial charge in [0.1, 0.15) is 0 Å².